The van der Waals surface area contributed by atoms with E-state index in [2.05, 4.69) is 9.72 Å². The number of alkyl halides is 2. The molecule has 1 aromatic heterocycles. The number of ether oxygens (including phenoxy) is 1. The lowest BCUT2D eigenvalue weighted by Gasteiger charge is -2.02. The highest BCUT2D eigenvalue weighted by Gasteiger charge is 2.11. The van der Waals surface area contributed by atoms with Crippen LogP contribution >= 0.6 is 0 Å². The quantitative estimate of drug-likeness (QED) is 0.745. The van der Waals surface area contributed by atoms with E-state index in [0.717, 1.165) is 0 Å². The van der Waals surface area contributed by atoms with E-state index in [4.69, 9.17) is 5.73 Å². The molecule has 2 N–H and O–H groups in total. The van der Waals surface area contributed by atoms with E-state index in [1.807, 2.05) is 0 Å². The number of carbonyl (C=O) groups excluding carboxylic acids is 1. The summed E-state index contributed by atoms with van der Waals surface area (Å²) in [6, 6.07) is 2.75. The minimum Gasteiger partial charge on any atom is -0.455 e. The molecule has 0 fully saturated rings. The first-order chi connectivity index (χ1) is 6.59. The maximum atomic E-state index is 11.7. The second-order valence-corrected chi connectivity index (χ2v) is 2.47. The number of hydrogen-bond donors (Lipinski definition) is 1. The first-order valence-corrected chi connectivity index (χ1v) is 3.76. The van der Waals surface area contributed by atoms with E-state index >= 15 is 0 Å². The van der Waals surface area contributed by atoms with Gasteiger partial charge in [0.2, 0.25) is 0 Å². The monoisotopic (exact) mass is 202 g/mol. The number of aromatic nitrogens is 1. The zero-order valence-corrected chi connectivity index (χ0v) is 7.11. The van der Waals surface area contributed by atoms with Gasteiger partial charge in [0, 0.05) is 0 Å². The first kappa shape index (κ1) is 10.4. The molecular weight excluding hydrogens is 194 g/mol. The Hall–Kier alpha value is -1.72. The summed E-state index contributed by atoms with van der Waals surface area (Å²) in [5.41, 5.74) is 5.66. The van der Waals surface area contributed by atoms with Crippen molar-refractivity contribution >= 4 is 11.7 Å². The van der Waals surface area contributed by atoms with Crippen molar-refractivity contribution in [3.8, 4) is 0 Å². The van der Waals surface area contributed by atoms with Crippen molar-refractivity contribution in [2.45, 2.75) is 6.43 Å². The van der Waals surface area contributed by atoms with E-state index in [-0.39, 0.29) is 5.69 Å². The lowest BCUT2D eigenvalue weighted by Crippen LogP contribution is -2.12. The van der Waals surface area contributed by atoms with Crippen molar-refractivity contribution in [1.29, 1.82) is 0 Å². The fraction of sp³-hybridized carbons (Fsp3) is 0.250. The fourth-order valence-corrected chi connectivity index (χ4v) is 0.739. The van der Waals surface area contributed by atoms with Crippen molar-refractivity contribution < 1.29 is 18.3 Å². The Bertz CT molecular complexity index is 314. The van der Waals surface area contributed by atoms with Gasteiger partial charge in [-0.15, -0.1) is 0 Å². The van der Waals surface area contributed by atoms with Gasteiger partial charge in [-0.1, -0.05) is 0 Å². The Morgan fingerprint density at radius 3 is 2.79 bits per heavy atom. The molecule has 1 rings (SSSR count). The molecule has 0 atom stereocenters. The van der Waals surface area contributed by atoms with E-state index < -0.39 is 19.0 Å². The molecule has 0 amide bonds. The van der Waals surface area contributed by atoms with E-state index in [1.54, 1.807) is 0 Å². The Balaban J connectivity index is 2.57. The SMILES string of the molecule is Nc1ccc(C(=O)OCC(F)F)nc1. The first-order valence-electron chi connectivity index (χ1n) is 3.76. The Morgan fingerprint density at radius 2 is 2.29 bits per heavy atom. The lowest BCUT2D eigenvalue weighted by molar-refractivity contribution is 0.0154. The van der Waals surface area contributed by atoms with Crippen LogP contribution < -0.4 is 5.73 Å². The standard InChI is InChI=1S/C8H8F2N2O2/c9-7(10)4-14-8(13)6-2-1-5(11)3-12-6/h1-3,7H,4,11H2. The topological polar surface area (TPSA) is 65.2 Å². The van der Waals surface area contributed by atoms with Gasteiger partial charge in [-0.3, -0.25) is 0 Å². The molecule has 14 heavy (non-hydrogen) atoms. The Kier molecular flexibility index (Phi) is 3.33. The minimum atomic E-state index is -2.67. The Labute approximate surface area is 78.7 Å². The molecule has 76 valence electrons. The number of pyridine rings is 1. The van der Waals surface area contributed by atoms with Crippen LogP contribution in [0.4, 0.5) is 14.5 Å². The van der Waals surface area contributed by atoms with E-state index in [9.17, 15) is 13.6 Å². The molecule has 0 unspecified atom stereocenters. The predicted molar refractivity (Wildman–Crippen MR) is 44.9 cm³/mol. The van der Waals surface area contributed by atoms with Crippen LogP contribution in [0.15, 0.2) is 18.3 Å². The van der Waals surface area contributed by atoms with Crippen molar-refractivity contribution in [2.75, 3.05) is 12.3 Å². The van der Waals surface area contributed by atoms with Gasteiger partial charge in [0.05, 0.1) is 11.9 Å². The average molecular weight is 202 g/mol. The number of rotatable bonds is 3. The number of nitrogen functional groups attached to an aromatic ring is 1. The summed E-state index contributed by atoms with van der Waals surface area (Å²) >= 11 is 0. The number of halogens is 2. The molecule has 0 saturated carbocycles. The van der Waals surface area contributed by atoms with Gasteiger partial charge in [-0.05, 0) is 12.1 Å². The van der Waals surface area contributed by atoms with Crippen molar-refractivity contribution in [2.24, 2.45) is 0 Å². The van der Waals surface area contributed by atoms with Crippen LogP contribution in [0.25, 0.3) is 0 Å². The summed E-state index contributed by atoms with van der Waals surface area (Å²) in [6.07, 6.45) is -1.42. The average Bonchev–Trinajstić information content (AvgIpc) is 2.15. The van der Waals surface area contributed by atoms with Crippen LogP contribution in [-0.4, -0.2) is 24.0 Å². The molecule has 4 nitrogen and oxygen atoms in total. The van der Waals surface area contributed by atoms with Gasteiger partial charge in [-0.25, -0.2) is 18.6 Å². The second kappa shape index (κ2) is 4.50. The van der Waals surface area contributed by atoms with E-state index in [1.165, 1.54) is 18.3 Å². The number of anilines is 1. The van der Waals surface area contributed by atoms with Crippen LogP contribution in [-0.2, 0) is 4.74 Å². The molecule has 0 saturated heterocycles. The van der Waals surface area contributed by atoms with Gasteiger partial charge >= 0.3 is 5.97 Å². The smallest absolute Gasteiger partial charge is 0.357 e. The number of nitrogens with two attached hydrogens (primary N) is 1. The molecule has 0 aliphatic rings. The summed E-state index contributed by atoms with van der Waals surface area (Å²) in [6.45, 7) is -0.926. The van der Waals surface area contributed by atoms with Crippen molar-refractivity contribution in [1.82, 2.24) is 4.98 Å². The highest BCUT2D eigenvalue weighted by molar-refractivity contribution is 5.87. The third kappa shape index (κ3) is 2.96. The van der Waals surface area contributed by atoms with Crippen LogP contribution in [0.2, 0.25) is 0 Å². The molecular formula is C8H8F2N2O2. The predicted octanol–water partition coefficient (Wildman–Crippen LogP) is 1.09. The summed E-state index contributed by atoms with van der Waals surface area (Å²) in [5, 5.41) is 0. The number of hydrogen-bond acceptors (Lipinski definition) is 4. The van der Waals surface area contributed by atoms with Crippen LogP contribution in [0.1, 0.15) is 10.5 Å². The second-order valence-electron chi connectivity index (χ2n) is 2.47. The van der Waals surface area contributed by atoms with Gasteiger partial charge in [0.25, 0.3) is 6.43 Å². The minimum absolute atomic E-state index is 0.0418. The molecule has 0 bridgehead atoms. The third-order valence-corrected chi connectivity index (χ3v) is 1.34. The molecule has 0 radical (unpaired) electrons. The molecule has 6 heteroatoms. The van der Waals surface area contributed by atoms with Crippen LogP contribution in [0, 0.1) is 0 Å². The lowest BCUT2D eigenvalue weighted by atomic mass is 10.3. The fourth-order valence-electron chi connectivity index (χ4n) is 0.739. The van der Waals surface area contributed by atoms with Gasteiger partial charge < -0.3 is 10.5 Å². The van der Waals surface area contributed by atoms with Crippen molar-refractivity contribution in [3.05, 3.63) is 24.0 Å². The summed E-state index contributed by atoms with van der Waals surface area (Å²) in [7, 11) is 0. The molecule has 0 aliphatic heterocycles. The maximum absolute atomic E-state index is 11.7. The third-order valence-electron chi connectivity index (χ3n) is 1.34. The normalized spacial score (nSPS) is 10.2. The van der Waals surface area contributed by atoms with E-state index in [0.29, 0.717) is 5.69 Å². The van der Waals surface area contributed by atoms with Gasteiger partial charge in [0.1, 0.15) is 5.69 Å². The summed E-state index contributed by atoms with van der Waals surface area (Å²) < 4.78 is 27.6. The van der Waals surface area contributed by atoms with Crippen LogP contribution in [0.3, 0.4) is 0 Å². The largest absolute Gasteiger partial charge is 0.455 e. The summed E-state index contributed by atoms with van der Waals surface area (Å²) in [4.78, 5) is 14.6. The van der Waals surface area contributed by atoms with Crippen LogP contribution in [0.5, 0.6) is 0 Å². The van der Waals surface area contributed by atoms with Gasteiger partial charge in [0.15, 0.2) is 6.61 Å². The Morgan fingerprint density at radius 1 is 1.57 bits per heavy atom. The highest BCUT2D eigenvalue weighted by atomic mass is 19.3. The number of esters is 1. The zero-order chi connectivity index (χ0) is 10.6. The van der Waals surface area contributed by atoms with Gasteiger partial charge in [-0.2, -0.15) is 0 Å². The van der Waals surface area contributed by atoms with Crippen molar-refractivity contribution in [3.63, 3.8) is 0 Å². The molecule has 0 aliphatic carbocycles. The highest BCUT2D eigenvalue weighted by Crippen LogP contribution is 2.03. The molecule has 1 aromatic rings. The maximum Gasteiger partial charge on any atom is 0.357 e. The zero-order valence-electron chi connectivity index (χ0n) is 7.11. The summed E-state index contributed by atoms with van der Waals surface area (Å²) in [5.74, 6) is -0.884. The molecule has 1 heterocycles. The molecule has 0 spiro atoms. The number of nitrogens with zero attached hydrogens (tertiary/aromatic N) is 1. The number of carbonyl (C=O) groups is 1. The molecule has 0 aromatic carbocycles.